The maximum absolute atomic E-state index is 12.7. The minimum Gasteiger partial charge on any atom is -0.243 e. The molecule has 1 fully saturated rings. The Kier molecular flexibility index (Phi) is 1.75. The number of urea groups is 1. The molecule has 6 heteroatoms. The summed E-state index contributed by atoms with van der Waals surface area (Å²) in [6.45, 7) is 0. The molecule has 1 saturated heterocycles. The zero-order chi connectivity index (χ0) is 9.26. The normalized spacial score (nSPS) is 15.5. The Labute approximate surface area is 73.4 Å². The van der Waals surface area contributed by atoms with Gasteiger partial charge in [0.1, 0.15) is 5.82 Å². The molecule has 0 unspecified atom stereocenters. The highest BCUT2D eigenvalue weighted by Gasteiger charge is 2.19. The van der Waals surface area contributed by atoms with Gasteiger partial charge in [-0.1, -0.05) is 11.6 Å². The molecule has 0 aliphatic carbocycles. The van der Waals surface area contributed by atoms with Crippen LogP contribution in [0.4, 0.5) is 14.9 Å². The van der Waals surface area contributed by atoms with Crippen LogP contribution >= 0.6 is 0 Å². The molecule has 2 N–H and O–H groups in total. The van der Waals surface area contributed by atoms with E-state index in [4.69, 9.17) is 0 Å². The van der Waals surface area contributed by atoms with Crippen LogP contribution in [0.2, 0.25) is 0 Å². The first-order chi connectivity index (χ1) is 6.25. The number of rotatable bonds is 1. The van der Waals surface area contributed by atoms with Crippen molar-refractivity contribution in [1.82, 2.24) is 16.4 Å². The second-order valence-electron chi connectivity index (χ2n) is 2.44. The minimum atomic E-state index is -0.510. The molecule has 0 saturated carbocycles. The van der Waals surface area contributed by atoms with Gasteiger partial charge in [-0.05, 0) is 12.1 Å². The topological polar surface area (TPSA) is 58.5 Å². The first kappa shape index (κ1) is 7.81. The molecule has 0 aromatic heterocycles. The molecular weight excluding hydrogens is 175 g/mol. The third kappa shape index (κ3) is 1.52. The van der Waals surface area contributed by atoms with Gasteiger partial charge in [0.2, 0.25) is 0 Å². The molecule has 2 amide bonds. The third-order valence-electron chi connectivity index (χ3n) is 1.53. The van der Waals surface area contributed by atoms with Gasteiger partial charge >= 0.3 is 6.03 Å². The fraction of sp³-hybridized carbons (Fsp3) is 0. The van der Waals surface area contributed by atoms with Gasteiger partial charge in [0.05, 0.1) is 5.69 Å². The van der Waals surface area contributed by atoms with E-state index in [1.165, 1.54) is 23.3 Å². The van der Waals surface area contributed by atoms with Gasteiger partial charge in [-0.3, -0.25) is 0 Å². The number of carbonyl (C=O) groups excluding carboxylic acids is 1. The van der Waals surface area contributed by atoms with Crippen molar-refractivity contribution in [3.05, 3.63) is 30.1 Å². The largest absolute Gasteiger partial charge is 0.374 e. The summed E-state index contributed by atoms with van der Waals surface area (Å²) in [4.78, 5) is 10.6. The molecule has 0 atom stereocenters. The molecule has 1 aromatic carbocycles. The smallest absolute Gasteiger partial charge is 0.243 e. The summed E-state index contributed by atoms with van der Waals surface area (Å²) in [5.41, 5.74) is 8.54. The van der Waals surface area contributed by atoms with Crippen LogP contribution in [-0.4, -0.2) is 6.03 Å². The lowest BCUT2D eigenvalue weighted by Crippen LogP contribution is -2.39. The number of amides is 2. The van der Waals surface area contributed by atoms with Crippen molar-refractivity contribution in [2.75, 3.05) is 5.12 Å². The molecule has 1 radical (unpaired) electrons. The third-order valence-corrected chi connectivity index (χ3v) is 1.53. The first-order valence-electron chi connectivity index (χ1n) is 3.58. The molecule has 1 aliphatic heterocycles. The highest BCUT2D eigenvalue weighted by Crippen LogP contribution is 2.12. The van der Waals surface area contributed by atoms with Crippen LogP contribution in [0.15, 0.2) is 24.3 Å². The maximum atomic E-state index is 12.7. The number of hydrogen-bond acceptors (Lipinski definition) is 3. The Hall–Kier alpha value is -1.82. The first-order valence-corrected chi connectivity index (χ1v) is 3.58. The number of nitrogens with zero attached hydrogens (tertiary/aromatic N) is 2. The van der Waals surface area contributed by atoms with Crippen LogP contribution in [0.5, 0.6) is 0 Å². The second kappa shape index (κ2) is 2.91. The van der Waals surface area contributed by atoms with Crippen LogP contribution < -0.4 is 21.5 Å². The fourth-order valence-electron chi connectivity index (χ4n) is 0.979. The van der Waals surface area contributed by atoms with E-state index in [2.05, 4.69) is 16.4 Å². The summed E-state index contributed by atoms with van der Waals surface area (Å²) in [5, 5.41) is 1.23. The lowest BCUT2D eigenvalue weighted by Gasteiger charge is -2.13. The average molecular weight is 181 g/mol. The lowest BCUT2D eigenvalue weighted by atomic mass is 10.3. The molecule has 0 bridgehead atoms. The van der Waals surface area contributed by atoms with Crippen molar-refractivity contribution < 1.29 is 9.18 Å². The van der Waals surface area contributed by atoms with Crippen LogP contribution in [-0.2, 0) is 0 Å². The molecule has 0 spiro atoms. The molecule has 13 heavy (non-hydrogen) atoms. The van der Waals surface area contributed by atoms with E-state index in [-0.39, 0.29) is 5.82 Å². The van der Waals surface area contributed by atoms with Crippen LogP contribution in [0.3, 0.4) is 0 Å². The van der Waals surface area contributed by atoms with E-state index in [1.807, 2.05) is 0 Å². The van der Waals surface area contributed by atoms with E-state index in [0.717, 1.165) is 0 Å². The van der Waals surface area contributed by atoms with Crippen molar-refractivity contribution in [2.24, 2.45) is 0 Å². The number of nitrogens with one attached hydrogen (secondary N) is 2. The zero-order valence-electron chi connectivity index (χ0n) is 6.49. The molecule has 1 aliphatic rings. The molecule has 2 rings (SSSR count). The predicted molar refractivity (Wildman–Crippen MR) is 42.7 cm³/mol. The van der Waals surface area contributed by atoms with E-state index >= 15 is 0 Å². The molecule has 5 nitrogen and oxygen atoms in total. The predicted octanol–water partition coefficient (Wildman–Crippen LogP) is 0.294. The quantitative estimate of drug-likeness (QED) is 0.654. The Bertz CT molecular complexity index is 343. The highest BCUT2D eigenvalue weighted by molar-refractivity contribution is 5.77. The van der Waals surface area contributed by atoms with Gasteiger partial charge in [-0.15, -0.1) is 5.43 Å². The summed E-state index contributed by atoms with van der Waals surface area (Å²) in [6.07, 6.45) is 0. The average Bonchev–Trinajstić information content (AvgIpc) is 2.52. The number of hydrogen-bond donors (Lipinski definition) is 2. The Morgan fingerprint density at radius 3 is 2.92 bits per heavy atom. The van der Waals surface area contributed by atoms with Crippen molar-refractivity contribution in [3.63, 3.8) is 0 Å². The van der Waals surface area contributed by atoms with E-state index in [9.17, 15) is 9.18 Å². The molecule has 67 valence electrons. The second-order valence-corrected chi connectivity index (χ2v) is 2.44. The monoisotopic (exact) mass is 181 g/mol. The number of benzene rings is 1. The van der Waals surface area contributed by atoms with Crippen LogP contribution in [0.1, 0.15) is 0 Å². The number of halogens is 1. The van der Waals surface area contributed by atoms with E-state index < -0.39 is 6.03 Å². The van der Waals surface area contributed by atoms with Gasteiger partial charge in [-0.2, -0.15) is 5.12 Å². The van der Waals surface area contributed by atoms with Gasteiger partial charge in [-0.25, -0.2) is 14.6 Å². The van der Waals surface area contributed by atoms with Gasteiger partial charge in [0.15, 0.2) is 0 Å². The fourth-order valence-corrected chi connectivity index (χ4v) is 0.979. The Morgan fingerprint density at radius 2 is 2.31 bits per heavy atom. The van der Waals surface area contributed by atoms with Crippen molar-refractivity contribution >= 4 is 11.7 Å². The van der Waals surface area contributed by atoms with E-state index in [0.29, 0.717) is 5.69 Å². The highest BCUT2D eigenvalue weighted by atomic mass is 19.1. The number of hydrazine groups is 2. The SMILES string of the molecule is O=C1[N]NN(c2cccc(F)c2)N1. The van der Waals surface area contributed by atoms with Crippen LogP contribution in [0.25, 0.3) is 0 Å². The van der Waals surface area contributed by atoms with Gasteiger partial charge in [0, 0.05) is 6.07 Å². The van der Waals surface area contributed by atoms with E-state index in [1.54, 1.807) is 6.07 Å². The Morgan fingerprint density at radius 1 is 1.46 bits per heavy atom. The summed E-state index contributed by atoms with van der Waals surface area (Å²) in [7, 11) is 0. The minimum absolute atomic E-state index is 0.375. The zero-order valence-corrected chi connectivity index (χ0v) is 6.49. The van der Waals surface area contributed by atoms with Gasteiger partial charge < -0.3 is 0 Å². The van der Waals surface area contributed by atoms with Crippen molar-refractivity contribution in [3.8, 4) is 0 Å². The number of anilines is 1. The lowest BCUT2D eigenvalue weighted by molar-refractivity contribution is 0.246. The van der Waals surface area contributed by atoms with Gasteiger partial charge in [0.25, 0.3) is 0 Å². The maximum Gasteiger partial charge on any atom is 0.374 e. The van der Waals surface area contributed by atoms with Crippen molar-refractivity contribution in [2.45, 2.75) is 0 Å². The molecular formula is C7H6FN4O. The summed E-state index contributed by atoms with van der Waals surface area (Å²) < 4.78 is 12.7. The molecule has 1 aromatic rings. The summed E-state index contributed by atoms with van der Waals surface area (Å²) >= 11 is 0. The summed E-state index contributed by atoms with van der Waals surface area (Å²) in [6, 6.07) is 5.25. The van der Waals surface area contributed by atoms with Crippen LogP contribution in [0, 0.1) is 5.82 Å². The number of carbonyl (C=O) groups is 1. The van der Waals surface area contributed by atoms with Crippen molar-refractivity contribution in [1.29, 1.82) is 0 Å². The summed E-state index contributed by atoms with van der Waals surface area (Å²) in [5.74, 6) is -0.375. The molecule has 1 heterocycles. The standard InChI is InChI=1S/C7H6FN4O/c8-5-2-1-3-6(4-5)12-10-7(13)9-11-12/h1-4,11H,(H,10,13). The Balaban J connectivity index is 2.21.